The minimum Gasteiger partial charge on any atom is -0.353 e. The SMILES string of the molecule is C=CCN(Cc1cccn1C)C(=O)Nc1cccc(F)c1. The van der Waals surface area contributed by atoms with E-state index in [-0.39, 0.29) is 11.8 Å². The molecule has 1 aromatic carbocycles. The summed E-state index contributed by atoms with van der Waals surface area (Å²) in [4.78, 5) is 13.9. The highest BCUT2D eigenvalue weighted by atomic mass is 19.1. The van der Waals surface area contributed by atoms with Crippen molar-refractivity contribution < 1.29 is 9.18 Å². The summed E-state index contributed by atoms with van der Waals surface area (Å²) in [6.45, 7) is 4.53. The highest BCUT2D eigenvalue weighted by molar-refractivity contribution is 5.89. The zero-order chi connectivity index (χ0) is 15.2. The van der Waals surface area contributed by atoms with Crippen LogP contribution in [0.1, 0.15) is 5.69 Å². The van der Waals surface area contributed by atoms with Crippen LogP contribution in [0.5, 0.6) is 0 Å². The van der Waals surface area contributed by atoms with Gasteiger partial charge in [-0.05, 0) is 30.3 Å². The van der Waals surface area contributed by atoms with Gasteiger partial charge in [-0.15, -0.1) is 6.58 Å². The Morgan fingerprint density at radius 1 is 1.43 bits per heavy atom. The molecule has 0 bridgehead atoms. The van der Waals surface area contributed by atoms with E-state index in [1.165, 1.54) is 12.1 Å². The number of halogens is 1. The van der Waals surface area contributed by atoms with Crippen molar-refractivity contribution in [2.45, 2.75) is 6.54 Å². The van der Waals surface area contributed by atoms with Crippen LogP contribution in [0, 0.1) is 5.82 Å². The van der Waals surface area contributed by atoms with Crippen molar-refractivity contribution in [3.05, 3.63) is 66.8 Å². The molecular weight excluding hydrogens is 269 g/mol. The molecule has 0 radical (unpaired) electrons. The number of carbonyl (C=O) groups excluding carboxylic acids is 1. The monoisotopic (exact) mass is 287 g/mol. The molecule has 2 rings (SSSR count). The number of carbonyl (C=O) groups is 1. The second kappa shape index (κ2) is 6.74. The van der Waals surface area contributed by atoms with Gasteiger partial charge in [-0.3, -0.25) is 0 Å². The number of nitrogens with one attached hydrogen (secondary N) is 1. The Morgan fingerprint density at radius 2 is 2.24 bits per heavy atom. The van der Waals surface area contributed by atoms with Gasteiger partial charge in [-0.25, -0.2) is 9.18 Å². The lowest BCUT2D eigenvalue weighted by molar-refractivity contribution is 0.214. The molecule has 0 aliphatic carbocycles. The van der Waals surface area contributed by atoms with E-state index in [1.54, 1.807) is 23.1 Å². The van der Waals surface area contributed by atoms with Gasteiger partial charge >= 0.3 is 6.03 Å². The molecule has 0 saturated heterocycles. The molecule has 4 nitrogen and oxygen atoms in total. The van der Waals surface area contributed by atoms with Gasteiger partial charge in [0.2, 0.25) is 0 Å². The molecule has 2 amide bonds. The zero-order valence-corrected chi connectivity index (χ0v) is 11.9. The van der Waals surface area contributed by atoms with Crippen LogP contribution in [-0.2, 0) is 13.6 Å². The summed E-state index contributed by atoms with van der Waals surface area (Å²) < 4.78 is 15.1. The minimum atomic E-state index is -0.384. The van der Waals surface area contributed by atoms with E-state index in [0.717, 1.165) is 5.69 Å². The normalized spacial score (nSPS) is 10.2. The Labute approximate surface area is 123 Å². The lowest BCUT2D eigenvalue weighted by atomic mass is 10.3. The molecule has 1 aromatic heterocycles. The fourth-order valence-electron chi connectivity index (χ4n) is 2.00. The quantitative estimate of drug-likeness (QED) is 0.841. The van der Waals surface area contributed by atoms with E-state index >= 15 is 0 Å². The van der Waals surface area contributed by atoms with Gasteiger partial charge in [-0.2, -0.15) is 0 Å². The topological polar surface area (TPSA) is 37.3 Å². The van der Waals surface area contributed by atoms with Crippen molar-refractivity contribution in [3.63, 3.8) is 0 Å². The smallest absolute Gasteiger partial charge is 0.322 e. The summed E-state index contributed by atoms with van der Waals surface area (Å²) in [7, 11) is 1.92. The highest BCUT2D eigenvalue weighted by Gasteiger charge is 2.14. The summed E-state index contributed by atoms with van der Waals surface area (Å²) in [5, 5.41) is 2.69. The molecule has 0 spiro atoms. The third kappa shape index (κ3) is 3.95. The third-order valence-corrected chi connectivity index (χ3v) is 3.12. The summed E-state index contributed by atoms with van der Waals surface area (Å²) in [5.41, 5.74) is 1.44. The molecule has 0 fully saturated rings. The van der Waals surface area contributed by atoms with Crippen molar-refractivity contribution >= 4 is 11.7 Å². The number of rotatable bonds is 5. The van der Waals surface area contributed by atoms with Gasteiger partial charge < -0.3 is 14.8 Å². The highest BCUT2D eigenvalue weighted by Crippen LogP contribution is 2.12. The Hall–Kier alpha value is -2.56. The zero-order valence-electron chi connectivity index (χ0n) is 11.9. The summed E-state index contributed by atoms with van der Waals surface area (Å²) in [6, 6.07) is 9.41. The Kier molecular flexibility index (Phi) is 4.77. The first-order valence-electron chi connectivity index (χ1n) is 6.62. The molecule has 1 N–H and O–H groups in total. The van der Waals surface area contributed by atoms with E-state index in [0.29, 0.717) is 18.8 Å². The van der Waals surface area contributed by atoms with Crippen LogP contribution in [0.3, 0.4) is 0 Å². The van der Waals surface area contributed by atoms with Crippen LogP contribution in [0.15, 0.2) is 55.3 Å². The van der Waals surface area contributed by atoms with Crippen LogP contribution in [-0.4, -0.2) is 22.0 Å². The Morgan fingerprint density at radius 3 is 2.86 bits per heavy atom. The Balaban J connectivity index is 2.08. The van der Waals surface area contributed by atoms with Crippen LogP contribution in [0.25, 0.3) is 0 Å². The molecule has 110 valence electrons. The maximum Gasteiger partial charge on any atom is 0.322 e. The number of hydrogen-bond donors (Lipinski definition) is 1. The van der Waals surface area contributed by atoms with E-state index in [9.17, 15) is 9.18 Å². The van der Waals surface area contributed by atoms with Crippen LogP contribution in [0.4, 0.5) is 14.9 Å². The number of benzene rings is 1. The van der Waals surface area contributed by atoms with Crippen LogP contribution in [0.2, 0.25) is 0 Å². The second-order valence-corrected chi connectivity index (χ2v) is 4.72. The lowest BCUT2D eigenvalue weighted by Crippen LogP contribution is -2.35. The first-order chi connectivity index (χ1) is 10.1. The fourth-order valence-corrected chi connectivity index (χ4v) is 2.00. The first-order valence-corrected chi connectivity index (χ1v) is 6.62. The molecular formula is C16H18FN3O. The van der Waals surface area contributed by atoms with E-state index < -0.39 is 0 Å². The van der Waals surface area contributed by atoms with Crippen LogP contribution >= 0.6 is 0 Å². The van der Waals surface area contributed by atoms with E-state index in [2.05, 4.69) is 11.9 Å². The molecule has 0 atom stereocenters. The summed E-state index contributed by atoms with van der Waals surface area (Å²) in [6.07, 6.45) is 3.58. The predicted octanol–water partition coefficient (Wildman–Crippen LogP) is 3.38. The molecule has 0 saturated carbocycles. The van der Waals surface area contributed by atoms with E-state index in [1.807, 2.05) is 29.9 Å². The van der Waals surface area contributed by atoms with Gasteiger partial charge in [0.25, 0.3) is 0 Å². The van der Waals surface area contributed by atoms with Crippen LogP contribution < -0.4 is 5.32 Å². The largest absolute Gasteiger partial charge is 0.353 e. The molecule has 0 unspecified atom stereocenters. The van der Waals surface area contributed by atoms with Crippen molar-refractivity contribution in [2.75, 3.05) is 11.9 Å². The first kappa shape index (κ1) is 14.8. The van der Waals surface area contributed by atoms with Gasteiger partial charge in [0.05, 0.1) is 6.54 Å². The summed E-state index contributed by atoms with van der Waals surface area (Å²) >= 11 is 0. The maximum atomic E-state index is 13.1. The number of amides is 2. The number of aromatic nitrogens is 1. The fraction of sp³-hybridized carbons (Fsp3) is 0.188. The maximum absolute atomic E-state index is 13.1. The number of anilines is 1. The van der Waals surface area contributed by atoms with Crippen molar-refractivity contribution in [1.29, 1.82) is 0 Å². The average molecular weight is 287 g/mol. The number of hydrogen-bond acceptors (Lipinski definition) is 1. The van der Waals surface area contributed by atoms with Crippen molar-refractivity contribution in [3.8, 4) is 0 Å². The third-order valence-electron chi connectivity index (χ3n) is 3.12. The minimum absolute atomic E-state index is 0.290. The standard InChI is InChI=1S/C16H18FN3O/c1-3-9-20(12-15-8-5-10-19(15)2)16(21)18-14-7-4-6-13(17)11-14/h3-8,10-11H,1,9,12H2,2H3,(H,18,21). The lowest BCUT2D eigenvalue weighted by Gasteiger charge is -2.22. The number of urea groups is 1. The molecule has 1 heterocycles. The van der Waals surface area contributed by atoms with E-state index in [4.69, 9.17) is 0 Å². The molecule has 0 aliphatic heterocycles. The molecule has 0 aliphatic rings. The van der Waals surface area contributed by atoms with Crippen molar-refractivity contribution in [1.82, 2.24) is 9.47 Å². The molecule has 5 heteroatoms. The van der Waals surface area contributed by atoms with Crippen molar-refractivity contribution in [2.24, 2.45) is 7.05 Å². The molecule has 2 aromatic rings. The number of aryl methyl sites for hydroxylation is 1. The van der Waals surface area contributed by atoms with Gasteiger partial charge in [-0.1, -0.05) is 12.1 Å². The van der Waals surface area contributed by atoms with Gasteiger partial charge in [0.1, 0.15) is 5.82 Å². The van der Waals surface area contributed by atoms with Gasteiger partial charge in [0, 0.05) is 31.2 Å². The average Bonchev–Trinajstić information content (AvgIpc) is 2.84. The number of nitrogens with zero attached hydrogens (tertiary/aromatic N) is 2. The van der Waals surface area contributed by atoms with Gasteiger partial charge in [0.15, 0.2) is 0 Å². The second-order valence-electron chi connectivity index (χ2n) is 4.72. The predicted molar refractivity (Wildman–Crippen MR) is 81.4 cm³/mol. The molecule has 21 heavy (non-hydrogen) atoms. The summed E-state index contributed by atoms with van der Waals surface area (Å²) in [5.74, 6) is -0.384. The Bertz CT molecular complexity index is 636.